The van der Waals surface area contributed by atoms with Gasteiger partial charge in [0.25, 0.3) is 11.5 Å². The third-order valence-corrected chi connectivity index (χ3v) is 10.7. The summed E-state index contributed by atoms with van der Waals surface area (Å²) in [6, 6.07) is 15.4. The molecule has 3 aromatic rings. The first kappa shape index (κ1) is 27.7. The van der Waals surface area contributed by atoms with Crippen molar-refractivity contribution in [2.24, 2.45) is 0 Å². The highest BCUT2D eigenvalue weighted by molar-refractivity contribution is 8.30. The maximum atomic E-state index is 13.4. The monoisotopic (exact) mass is 606 g/mol. The van der Waals surface area contributed by atoms with Crippen LogP contribution in [0.4, 0.5) is 17.1 Å². The topological polar surface area (TPSA) is 86.1 Å². The number of aromatic nitrogens is 1. The van der Waals surface area contributed by atoms with Crippen molar-refractivity contribution in [2.75, 3.05) is 30.4 Å². The van der Waals surface area contributed by atoms with Gasteiger partial charge in [0.2, 0.25) is 0 Å². The van der Waals surface area contributed by atoms with Crippen LogP contribution in [0, 0.1) is 0 Å². The zero-order chi connectivity index (χ0) is 29.0. The molecular weight excluding hydrogens is 577 g/mol. The minimum Gasteiger partial charge on any atom is -0.480 e. The van der Waals surface area contributed by atoms with E-state index >= 15 is 0 Å². The fourth-order valence-corrected chi connectivity index (χ4v) is 8.77. The van der Waals surface area contributed by atoms with Crippen LogP contribution in [0.1, 0.15) is 43.2 Å². The molecule has 2 fully saturated rings. The fourth-order valence-electron chi connectivity index (χ4n) is 6.13. The van der Waals surface area contributed by atoms with E-state index in [1.807, 2.05) is 33.2 Å². The van der Waals surface area contributed by atoms with E-state index in [1.165, 1.54) is 32.8 Å². The Bertz CT molecular complexity index is 1760. The molecule has 11 heteroatoms. The smallest absolute Gasteiger partial charge is 0.323 e. The van der Waals surface area contributed by atoms with Crippen LogP contribution >= 0.6 is 35.3 Å². The Hall–Kier alpha value is -3.41. The zero-order valence-corrected chi connectivity index (χ0v) is 25.4. The van der Waals surface area contributed by atoms with Crippen LogP contribution in [0.5, 0.6) is 0 Å². The summed E-state index contributed by atoms with van der Waals surface area (Å²) in [4.78, 5) is 44.4. The highest BCUT2D eigenvalue weighted by atomic mass is 32.2. The Morgan fingerprint density at radius 1 is 1.15 bits per heavy atom. The number of carbonyl (C=O) groups is 2. The maximum Gasteiger partial charge on any atom is 0.323 e. The molecule has 1 amide bonds. The van der Waals surface area contributed by atoms with Gasteiger partial charge in [0.15, 0.2) is 0 Å². The minimum absolute atomic E-state index is 0.294. The van der Waals surface area contributed by atoms with Gasteiger partial charge in [0.05, 0.1) is 4.53 Å². The third kappa shape index (κ3) is 4.79. The summed E-state index contributed by atoms with van der Waals surface area (Å²) in [7, 11) is 4.08. The quantitative estimate of drug-likeness (QED) is 0.426. The van der Waals surface area contributed by atoms with Crippen LogP contribution in [0.25, 0.3) is 11.0 Å². The highest BCUT2D eigenvalue weighted by Gasteiger charge is 2.42. The van der Waals surface area contributed by atoms with Crippen LogP contribution in [0.2, 0.25) is 0 Å². The number of anilines is 3. The number of thiocarbonyl (C=S) groups is 1. The first-order chi connectivity index (χ1) is 19.7. The average Bonchev–Trinajstić information content (AvgIpc) is 3.67. The maximum absolute atomic E-state index is 13.4. The minimum atomic E-state index is -1.15. The first-order valence-electron chi connectivity index (χ1n) is 13.6. The lowest BCUT2D eigenvalue weighted by atomic mass is 9.96. The summed E-state index contributed by atoms with van der Waals surface area (Å²) in [5.74, 6) is -1.02. The lowest BCUT2D eigenvalue weighted by molar-refractivity contribution is -0.137. The standard InChI is InChI=1S/C30H30N4O4S3/c1-4-32-28(38)26(41-30(32)39)29-33(16-25(35)36)27(37)24(40-29)15-17-8-13-23-21(14-17)20-6-5-7-22(20)34(23)19-11-9-18(10-12-19)31(2)3/h8-15,20,22H,4-7,16H2,1-3H3,(H,35,36)/b24-15+,29-26+. The number of rotatable bonds is 6. The van der Waals surface area contributed by atoms with E-state index in [4.69, 9.17) is 12.2 Å². The zero-order valence-electron chi connectivity index (χ0n) is 23.0. The van der Waals surface area contributed by atoms with Gasteiger partial charge in [-0.15, -0.1) is 11.3 Å². The van der Waals surface area contributed by atoms with Gasteiger partial charge in [-0.2, -0.15) is 0 Å². The van der Waals surface area contributed by atoms with E-state index in [0.29, 0.717) is 36.9 Å². The number of thioether (sulfide) groups is 1. The van der Waals surface area contributed by atoms with Crippen LogP contribution in [-0.2, 0) is 16.1 Å². The number of carboxylic acids is 1. The number of nitrogens with zero attached hydrogens (tertiary/aromatic N) is 4. The molecule has 3 aliphatic rings. The largest absolute Gasteiger partial charge is 0.480 e. The number of amides is 1. The molecule has 1 N–H and O–H groups in total. The number of carbonyl (C=O) groups excluding carboxylic acids is 1. The average molecular weight is 607 g/mol. The van der Waals surface area contributed by atoms with Crippen molar-refractivity contribution in [3.63, 3.8) is 0 Å². The second kappa shape index (κ2) is 10.8. The Kier molecular flexibility index (Phi) is 7.29. The molecule has 3 heterocycles. The Labute approximate surface area is 251 Å². The molecule has 1 aliphatic carbocycles. The molecular formula is C30H30N4O4S3. The molecule has 2 aliphatic heterocycles. The Morgan fingerprint density at radius 2 is 1.90 bits per heavy atom. The van der Waals surface area contributed by atoms with Gasteiger partial charge in [-0.3, -0.25) is 23.9 Å². The molecule has 6 rings (SSSR count). The van der Waals surface area contributed by atoms with Crippen molar-refractivity contribution >= 4 is 79.6 Å². The van der Waals surface area contributed by atoms with Crippen molar-refractivity contribution < 1.29 is 14.7 Å². The van der Waals surface area contributed by atoms with E-state index in [2.05, 4.69) is 46.2 Å². The SMILES string of the molecule is CCN1C(=O)/C(=c2\s/c(=C/c3ccc4c(c3)C3CCCC3N4c3ccc(N(C)C)cc3)c(=O)n2CC(=O)O)SC1=S. The third-order valence-electron chi connectivity index (χ3n) is 8.02. The lowest BCUT2D eigenvalue weighted by Crippen LogP contribution is -2.35. The summed E-state index contributed by atoms with van der Waals surface area (Å²) in [5, 5.41) is 9.52. The van der Waals surface area contributed by atoms with E-state index in [0.717, 1.165) is 47.2 Å². The van der Waals surface area contributed by atoms with Gasteiger partial charge in [-0.1, -0.05) is 36.5 Å². The Balaban J connectivity index is 1.44. The van der Waals surface area contributed by atoms with Crippen LogP contribution in [-0.4, -0.2) is 57.5 Å². The summed E-state index contributed by atoms with van der Waals surface area (Å²) >= 11 is 7.61. The number of fused-ring (bicyclic) bond motifs is 3. The number of carboxylic acid groups (broad SMARTS) is 1. The van der Waals surface area contributed by atoms with Crippen LogP contribution in [0.15, 0.2) is 47.3 Å². The number of aliphatic carboxylic acids is 1. The van der Waals surface area contributed by atoms with E-state index in [9.17, 15) is 19.5 Å². The van der Waals surface area contributed by atoms with Gasteiger partial charge in [-0.05, 0) is 73.4 Å². The molecule has 2 unspecified atom stereocenters. The second-order valence-corrected chi connectivity index (χ2v) is 13.3. The normalized spacial score (nSPS) is 21.6. The van der Waals surface area contributed by atoms with E-state index in [1.54, 1.807) is 0 Å². The van der Waals surface area contributed by atoms with Crippen LogP contribution in [0.3, 0.4) is 0 Å². The van der Waals surface area contributed by atoms with Gasteiger partial charge >= 0.3 is 5.97 Å². The molecule has 1 saturated heterocycles. The molecule has 0 bridgehead atoms. The van der Waals surface area contributed by atoms with Crippen molar-refractivity contribution in [3.05, 3.63) is 73.1 Å². The van der Waals surface area contributed by atoms with Gasteiger partial charge < -0.3 is 14.9 Å². The van der Waals surface area contributed by atoms with Crippen molar-refractivity contribution in [1.29, 1.82) is 0 Å². The lowest BCUT2D eigenvalue weighted by Gasteiger charge is -2.27. The molecule has 1 aromatic heterocycles. The molecule has 0 spiro atoms. The van der Waals surface area contributed by atoms with Crippen molar-refractivity contribution in [2.45, 2.75) is 44.7 Å². The van der Waals surface area contributed by atoms with E-state index < -0.39 is 18.1 Å². The highest BCUT2D eigenvalue weighted by Crippen LogP contribution is 2.52. The summed E-state index contributed by atoms with van der Waals surface area (Å²) in [6.07, 6.45) is 5.23. The number of hydrogen-bond donors (Lipinski definition) is 1. The summed E-state index contributed by atoms with van der Waals surface area (Å²) in [6.45, 7) is 1.72. The number of benzene rings is 2. The van der Waals surface area contributed by atoms with Crippen molar-refractivity contribution in [1.82, 2.24) is 9.47 Å². The second-order valence-electron chi connectivity index (χ2n) is 10.7. The Morgan fingerprint density at radius 3 is 2.56 bits per heavy atom. The summed E-state index contributed by atoms with van der Waals surface area (Å²) in [5.41, 5.74) is 5.27. The predicted octanol–water partition coefficient (Wildman–Crippen LogP) is 3.67. The molecule has 1 saturated carbocycles. The molecule has 41 heavy (non-hydrogen) atoms. The summed E-state index contributed by atoms with van der Waals surface area (Å²) < 4.78 is 2.31. The van der Waals surface area contributed by atoms with Crippen LogP contribution < -0.4 is 24.6 Å². The van der Waals surface area contributed by atoms with Gasteiger partial charge in [-0.25, -0.2) is 0 Å². The predicted molar refractivity (Wildman–Crippen MR) is 170 cm³/mol. The molecule has 212 valence electrons. The van der Waals surface area contributed by atoms with Gasteiger partial charge in [0, 0.05) is 49.7 Å². The number of thiazole rings is 1. The molecule has 2 aromatic carbocycles. The van der Waals surface area contributed by atoms with Gasteiger partial charge in [0.1, 0.15) is 20.4 Å². The molecule has 8 nitrogen and oxygen atoms in total. The number of hydrogen-bond acceptors (Lipinski definition) is 8. The fraction of sp³-hybridized carbons (Fsp3) is 0.333. The van der Waals surface area contributed by atoms with E-state index in [-0.39, 0.29) is 5.91 Å². The molecule has 2 atom stereocenters. The molecule has 0 radical (unpaired) electrons. The first-order valence-corrected chi connectivity index (χ1v) is 15.6. The van der Waals surface area contributed by atoms with Crippen molar-refractivity contribution in [3.8, 4) is 0 Å².